The Bertz CT molecular complexity index is 317. The maximum atomic E-state index is 5.08. The van der Waals surface area contributed by atoms with Crippen molar-refractivity contribution >= 4 is 28.4 Å². The van der Waals surface area contributed by atoms with Crippen LogP contribution in [0, 0.1) is 3.57 Å². The summed E-state index contributed by atoms with van der Waals surface area (Å²) in [7, 11) is 1.66. The molecule has 0 bridgehead atoms. The highest BCUT2D eigenvalue weighted by Gasteiger charge is 2.10. The van der Waals surface area contributed by atoms with Gasteiger partial charge in [0, 0.05) is 13.7 Å². The maximum Gasteiger partial charge on any atom is 0.156 e. The predicted molar refractivity (Wildman–Crippen MR) is 73.6 cm³/mol. The number of halogens is 1. The number of aryl methyl sites for hydroxylation is 1. The maximum absolute atomic E-state index is 5.08. The summed E-state index contributed by atoms with van der Waals surface area (Å²) in [6, 6.07) is 0. The van der Waals surface area contributed by atoms with Gasteiger partial charge in [-0.1, -0.05) is 13.3 Å². The summed E-state index contributed by atoms with van der Waals surface area (Å²) in [5.41, 5.74) is 1.11. The van der Waals surface area contributed by atoms with Crippen LogP contribution < -0.4 is 5.32 Å². The zero-order valence-corrected chi connectivity index (χ0v) is 12.2. The van der Waals surface area contributed by atoms with Crippen LogP contribution in [0.3, 0.4) is 0 Å². The summed E-state index contributed by atoms with van der Waals surface area (Å²) >= 11 is 2.30. The van der Waals surface area contributed by atoms with Gasteiger partial charge in [0.25, 0.3) is 0 Å². The van der Waals surface area contributed by atoms with E-state index >= 15 is 0 Å². The zero-order valence-electron chi connectivity index (χ0n) is 10.0. The first-order valence-electron chi connectivity index (χ1n) is 5.51. The molecule has 1 rings (SSSR count). The highest BCUT2D eigenvalue weighted by molar-refractivity contribution is 14.1. The van der Waals surface area contributed by atoms with Crippen molar-refractivity contribution in [2.24, 2.45) is 0 Å². The van der Waals surface area contributed by atoms with Crippen LogP contribution in [-0.4, -0.2) is 23.6 Å². The van der Waals surface area contributed by atoms with Gasteiger partial charge >= 0.3 is 0 Å². The van der Waals surface area contributed by atoms with Gasteiger partial charge in [-0.3, -0.25) is 0 Å². The van der Waals surface area contributed by atoms with Crippen LogP contribution in [0.5, 0.6) is 0 Å². The standard InChI is InChI=1S/C11H18IN3O/c1-4-6-8-10(12)11(13-5-2)15-9(14-8)7-16-3/h4-7H2,1-3H3,(H,13,14,15). The molecule has 0 saturated heterocycles. The lowest BCUT2D eigenvalue weighted by atomic mass is 10.2. The van der Waals surface area contributed by atoms with E-state index in [1.165, 1.54) is 0 Å². The Hall–Kier alpha value is -0.430. The van der Waals surface area contributed by atoms with Crippen molar-refractivity contribution in [2.75, 3.05) is 19.0 Å². The summed E-state index contributed by atoms with van der Waals surface area (Å²) in [5.74, 6) is 1.68. The van der Waals surface area contributed by atoms with Crippen molar-refractivity contribution in [1.29, 1.82) is 0 Å². The first-order valence-corrected chi connectivity index (χ1v) is 6.58. The number of nitrogens with one attached hydrogen (secondary N) is 1. The van der Waals surface area contributed by atoms with E-state index < -0.39 is 0 Å². The predicted octanol–water partition coefficient (Wildman–Crippen LogP) is 2.61. The molecule has 0 fully saturated rings. The lowest BCUT2D eigenvalue weighted by molar-refractivity contribution is 0.177. The molecule has 1 aromatic rings. The van der Waals surface area contributed by atoms with Crippen molar-refractivity contribution < 1.29 is 4.74 Å². The molecule has 0 aliphatic carbocycles. The van der Waals surface area contributed by atoms with Gasteiger partial charge < -0.3 is 10.1 Å². The first-order chi connectivity index (χ1) is 7.72. The second kappa shape index (κ2) is 7.01. The van der Waals surface area contributed by atoms with Crippen molar-refractivity contribution in [2.45, 2.75) is 33.3 Å². The molecule has 4 nitrogen and oxygen atoms in total. The molecule has 0 atom stereocenters. The molecular formula is C11H18IN3O. The van der Waals surface area contributed by atoms with Crippen LogP contribution in [0.2, 0.25) is 0 Å². The molecule has 0 radical (unpaired) electrons. The van der Waals surface area contributed by atoms with Crippen LogP contribution >= 0.6 is 22.6 Å². The lowest BCUT2D eigenvalue weighted by Crippen LogP contribution is -2.10. The lowest BCUT2D eigenvalue weighted by Gasteiger charge is -2.11. The van der Waals surface area contributed by atoms with Crippen LogP contribution in [0.15, 0.2) is 0 Å². The molecule has 5 heteroatoms. The Morgan fingerprint density at radius 3 is 2.62 bits per heavy atom. The van der Waals surface area contributed by atoms with Gasteiger partial charge in [-0.2, -0.15) is 0 Å². The second-order valence-corrected chi connectivity index (χ2v) is 4.54. The van der Waals surface area contributed by atoms with Gasteiger partial charge in [0.2, 0.25) is 0 Å². The van der Waals surface area contributed by atoms with E-state index in [0.717, 1.165) is 40.3 Å². The molecule has 0 amide bonds. The van der Waals surface area contributed by atoms with E-state index in [4.69, 9.17) is 4.74 Å². The third-order valence-electron chi connectivity index (χ3n) is 2.07. The molecule has 0 saturated carbocycles. The van der Waals surface area contributed by atoms with E-state index in [1.54, 1.807) is 7.11 Å². The molecule has 0 aliphatic heterocycles. The van der Waals surface area contributed by atoms with E-state index in [9.17, 15) is 0 Å². The number of hydrogen-bond acceptors (Lipinski definition) is 4. The largest absolute Gasteiger partial charge is 0.377 e. The second-order valence-electron chi connectivity index (χ2n) is 3.46. The molecule has 0 unspecified atom stereocenters. The Labute approximate surface area is 110 Å². The molecule has 1 heterocycles. The number of anilines is 1. The average Bonchev–Trinajstić information content (AvgIpc) is 2.26. The Morgan fingerprint density at radius 2 is 2.06 bits per heavy atom. The highest BCUT2D eigenvalue weighted by atomic mass is 127. The topological polar surface area (TPSA) is 47.0 Å². The molecule has 0 aromatic carbocycles. The van der Waals surface area contributed by atoms with Crippen molar-refractivity contribution in [3.05, 3.63) is 15.1 Å². The fourth-order valence-electron chi connectivity index (χ4n) is 1.43. The minimum atomic E-state index is 0.464. The van der Waals surface area contributed by atoms with E-state index in [2.05, 4.69) is 51.7 Å². The minimum absolute atomic E-state index is 0.464. The SMILES string of the molecule is CCCc1nc(COC)nc(NCC)c1I. The van der Waals surface area contributed by atoms with Crippen molar-refractivity contribution in [3.8, 4) is 0 Å². The first kappa shape index (κ1) is 13.6. The summed E-state index contributed by atoms with van der Waals surface area (Å²) in [6.45, 7) is 5.55. The van der Waals surface area contributed by atoms with Gasteiger partial charge in [0.15, 0.2) is 5.82 Å². The molecule has 0 spiro atoms. The van der Waals surface area contributed by atoms with Crippen LogP contribution in [0.4, 0.5) is 5.82 Å². The quantitative estimate of drug-likeness (QED) is 0.812. The van der Waals surface area contributed by atoms with Gasteiger partial charge in [-0.25, -0.2) is 9.97 Å². The highest BCUT2D eigenvalue weighted by Crippen LogP contribution is 2.20. The summed E-state index contributed by atoms with van der Waals surface area (Å²) in [5, 5.41) is 3.26. The van der Waals surface area contributed by atoms with Crippen molar-refractivity contribution in [3.63, 3.8) is 0 Å². The number of methoxy groups -OCH3 is 1. The van der Waals surface area contributed by atoms with Crippen LogP contribution in [-0.2, 0) is 17.8 Å². The third kappa shape index (κ3) is 3.55. The van der Waals surface area contributed by atoms with Gasteiger partial charge in [0.05, 0.1) is 9.26 Å². The van der Waals surface area contributed by atoms with Gasteiger partial charge in [-0.15, -0.1) is 0 Å². The van der Waals surface area contributed by atoms with Gasteiger partial charge in [0.1, 0.15) is 12.4 Å². The summed E-state index contributed by atoms with van der Waals surface area (Å²) < 4.78 is 6.20. The van der Waals surface area contributed by atoms with E-state index in [0.29, 0.717) is 6.61 Å². The number of hydrogen-bond donors (Lipinski definition) is 1. The average molecular weight is 335 g/mol. The summed E-state index contributed by atoms with van der Waals surface area (Å²) in [6.07, 6.45) is 2.07. The Kier molecular flexibility index (Phi) is 5.97. The van der Waals surface area contributed by atoms with Crippen LogP contribution in [0.25, 0.3) is 0 Å². The molecule has 0 aliphatic rings. The smallest absolute Gasteiger partial charge is 0.156 e. The zero-order chi connectivity index (χ0) is 12.0. The molecule has 16 heavy (non-hydrogen) atoms. The number of rotatable bonds is 6. The molecule has 90 valence electrons. The Morgan fingerprint density at radius 1 is 1.31 bits per heavy atom. The minimum Gasteiger partial charge on any atom is -0.377 e. The van der Waals surface area contributed by atoms with E-state index in [-0.39, 0.29) is 0 Å². The molecular weight excluding hydrogens is 317 g/mol. The monoisotopic (exact) mass is 335 g/mol. The number of nitrogens with zero attached hydrogens (tertiary/aromatic N) is 2. The Balaban J connectivity index is 3.05. The fourth-order valence-corrected chi connectivity index (χ4v) is 2.13. The number of ether oxygens (including phenoxy) is 1. The number of aromatic nitrogens is 2. The summed E-state index contributed by atoms with van der Waals surface area (Å²) in [4.78, 5) is 8.95. The molecule has 1 N–H and O–H groups in total. The van der Waals surface area contributed by atoms with Crippen molar-refractivity contribution in [1.82, 2.24) is 9.97 Å². The molecule has 1 aromatic heterocycles. The van der Waals surface area contributed by atoms with Crippen LogP contribution in [0.1, 0.15) is 31.8 Å². The third-order valence-corrected chi connectivity index (χ3v) is 3.20. The van der Waals surface area contributed by atoms with Gasteiger partial charge in [-0.05, 0) is 35.9 Å². The fraction of sp³-hybridized carbons (Fsp3) is 0.636. The van der Waals surface area contributed by atoms with E-state index in [1.807, 2.05) is 0 Å². The normalized spacial score (nSPS) is 10.5.